The van der Waals surface area contributed by atoms with Crippen molar-refractivity contribution in [1.82, 2.24) is 9.97 Å². The fraction of sp³-hybridized carbons (Fsp3) is 0.238. The second kappa shape index (κ2) is 8.04. The predicted molar refractivity (Wildman–Crippen MR) is 108 cm³/mol. The van der Waals surface area contributed by atoms with Crippen molar-refractivity contribution in [3.63, 3.8) is 0 Å². The van der Waals surface area contributed by atoms with Crippen molar-refractivity contribution in [1.29, 1.82) is 0 Å². The van der Waals surface area contributed by atoms with Gasteiger partial charge in [0.25, 0.3) is 0 Å². The van der Waals surface area contributed by atoms with Gasteiger partial charge in [-0.1, -0.05) is 12.1 Å². The Kier molecular flexibility index (Phi) is 5.14. The Morgan fingerprint density at radius 1 is 0.964 bits per heavy atom. The number of nitrogens with one attached hydrogen (secondary N) is 2. The lowest BCUT2D eigenvalue weighted by Gasteiger charge is -2.19. The van der Waals surface area contributed by atoms with Crippen LogP contribution in [0.5, 0.6) is 17.2 Å². The van der Waals surface area contributed by atoms with Crippen LogP contribution in [0.2, 0.25) is 0 Å². The molecule has 28 heavy (non-hydrogen) atoms. The molecule has 2 N–H and O–H groups in total. The van der Waals surface area contributed by atoms with E-state index in [1.807, 2.05) is 56.3 Å². The van der Waals surface area contributed by atoms with Gasteiger partial charge in [0.15, 0.2) is 11.5 Å². The van der Waals surface area contributed by atoms with Gasteiger partial charge in [0, 0.05) is 18.0 Å². The summed E-state index contributed by atoms with van der Waals surface area (Å²) in [5, 5.41) is 6.49. The van der Waals surface area contributed by atoms with E-state index in [4.69, 9.17) is 14.2 Å². The predicted octanol–water partition coefficient (Wildman–Crippen LogP) is 4.52. The summed E-state index contributed by atoms with van der Waals surface area (Å²) in [4.78, 5) is 8.84. The molecule has 3 aromatic rings. The van der Waals surface area contributed by atoms with Gasteiger partial charge < -0.3 is 24.8 Å². The molecule has 1 aromatic heterocycles. The second-order valence-corrected chi connectivity index (χ2v) is 6.54. The van der Waals surface area contributed by atoms with Crippen LogP contribution in [0.25, 0.3) is 0 Å². The Hall–Kier alpha value is -3.48. The Labute approximate surface area is 163 Å². The number of rotatable bonds is 6. The minimum atomic E-state index is 0.0760. The Bertz CT molecular complexity index is 962. The summed E-state index contributed by atoms with van der Waals surface area (Å²) in [6.45, 7) is 5.11. The van der Waals surface area contributed by atoms with Gasteiger partial charge >= 0.3 is 0 Å². The third-order valence-corrected chi connectivity index (χ3v) is 3.97. The molecule has 1 aliphatic rings. The minimum Gasteiger partial charge on any atom is -0.489 e. The molecule has 0 aliphatic carbocycles. The summed E-state index contributed by atoms with van der Waals surface area (Å²) in [5.41, 5.74) is 1.67. The number of hydrogen-bond acceptors (Lipinski definition) is 7. The zero-order chi connectivity index (χ0) is 19.3. The highest BCUT2D eigenvalue weighted by Gasteiger charge is 2.12. The van der Waals surface area contributed by atoms with E-state index in [1.165, 1.54) is 0 Å². The van der Waals surface area contributed by atoms with Crippen LogP contribution < -0.4 is 24.8 Å². The highest BCUT2D eigenvalue weighted by atomic mass is 16.6. The number of nitrogens with zero attached hydrogens (tertiary/aromatic N) is 2. The van der Waals surface area contributed by atoms with Crippen molar-refractivity contribution >= 4 is 23.1 Å². The van der Waals surface area contributed by atoms with Crippen LogP contribution in [-0.4, -0.2) is 29.3 Å². The number of aromatic nitrogens is 2. The number of hydrogen-bond donors (Lipinski definition) is 2. The third kappa shape index (κ3) is 4.25. The van der Waals surface area contributed by atoms with Crippen molar-refractivity contribution in [2.75, 3.05) is 23.8 Å². The van der Waals surface area contributed by atoms with Crippen LogP contribution in [0.3, 0.4) is 0 Å². The van der Waals surface area contributed by atoms with Crippen molar-refractivity contribution in [3.05, 3.63) is 54.7 Å². The lowest BCUT2D eigenvalue weighted by atomic mass is 10.2. The van der Waals surface area contributed by atoms with Gasteiger partial charge in [0.2, 0.25) is 5.95 Å². The molecule has 2 heterocycles. The zero-order valence-electron chi connectivity index (χ0n) is 15.8. The zero-order valence-corrected chi connectivity index (χ0v) is 15.8. The Balaban J connectivity index is 1.51. The van der Waals surface area contributed by atoms with Crippen LogP contribution >= 0.6 is 0 Å². The van der Waals surface area contributed by atoms with Crippen molar-refractivity contribution in [2.45, 2.75) is 20.0 Å². The molecule has 0 radical (unpaired) electrons. The van der Waals surface area contributed by atoms with E-state index in [1.54, 1.807) is 12.3 Å². The molecule has 0 saturated heterocycles. The minimum absolute atomic E-state index is 0.0760. The highest BCUT2D eigenvalue weighted by Crippen LogP contribution is 2.33. The van der Waals surface area contributed by atoms with Gasteiger partial charge in [-0.2, -0.15) is 4.98 Å². The SMILES string of the molecule is CC(C)Oc1ccccc1Nc1nccc(Nc2ccc3c(c2)OCCO3)n1. The van der Waals surface area contributed by atoms with Gasteiger partial charge in [-0.3, -0.25) is 0 Å². The van der Waals surface area contributed by atoms with Crippen LogP contribution in [0, 0.1) is 0 Å². The van der Waals surface area contributed by atoms with Crippen LogP contribution in [0.1, 0.15) is 13.8 Å². The van der Waals surface area contributed by atoms with Crippen molar-refractivity contribution < 1.29 is 14.2 Å². The Morgan fingerprint density at radius 3 is 2.64 bits per heavy atom. The molecule has 0 atom stereocenters. The van der Waals surface area contributed by atoms with Gasteiger partial charge in [-0.15, -0.1) is 0 Å². The molecule has 0 spiro atoms. The maximum atomic E-state index is 5.84. The van der Waals surface area contributed by atoms with Gasteiger partial charge in [0.1, 0.15) is 24.8 Å². The normalized spacial score (nSPS) is 12.5. The molecule has 0 amide bonds. The van der Waals surface area contributed by atoms with E-state index in [9.17, 15) is 0 Å². The molecule has 0 fully saturated rings. The molecule has 0 saturated carbocycles. The molecule has 7 nitrogen and oxygen atoms in total. The lowest BCUT2D eigenvalue weighted by Crippen LogP contribution is -2.15. The van der Waals surface area contributed by atoms with Gasteiger partial charge in [0.05, 0.1) is 11.8 Å². The monoisotopic (exact) mass is 378 g/mol. The number of para-hydroxylation sites is 2. The van der Waals surface area contributed by atoms with Gasteiger partial charge in [-0.25, -0.2) is 4.98 Å². The van der Waals surface area contributed by atoms with Crippen molar-refractivity contribution in [3.8, 4) is 17.2 Å². The molecular formula is C21H22N4O3. The van der Waals surface area contributed by atoms with E-state index < -0.39 is 0 Å². The van der Waals surface area contributed by atoms with Crippen LogP contribution in [0.4, 0.5) is 23.1 Å². The number of anilines is 4. The summed E-state index contributed by atoms with van der Waals surface area (Å²) in [6.07, 6.45) is 1.77. The molecule has 2 aromatic carbocycles. The smallest absolute Gasteiger partial charge is 0.229 e. The topological polar surface area (TPSA) is 77.5 Å². The fourth-order valence-electron chi connectivity index (χ4n) is 2.80. The summed E-state index contributed by atoms with van der Waals surface area (Å²) >= 11 is 0. The second-order valence-electron chi connectivity index (χ2n) is 6.54. The number of fused-ring (bicyclic) bond motifs is 1. The number of ether oxygens (including phenoxy) is 3. The maximum Gasteiger partial charge on any atom is 0.229 e. The quantitative estimate of drug-likeness (QED) is 0.653. The first-order valence-corrected chi connectivity index (χ1v) is 9.20. The van der Waals surface area contributed by atoms with E-state index >= 15 is 0 Å². The van der Waals surface area contributed by atoms with Crippen molar-refractivity contribution in [2.24, 2.45) is 0 Å². The largest absolute Gasteiger partial charge is 0.489 e. The molecule has 144 valence electrons. The van der Waals surface area contributed by atoms with E-state index in [0.717, 1.165) is 28.6 Å². The van der Waals surface area contributed by atoms with Gasteiger partial charge in [-0.05, 0) is 44.2 Å². The molecule has 7 heteroatoms. The lowest BCUT2D eigenvalue weighted by molar-refractivity contribution is 0.171. The Morgan fingerprint density at radius 2 is 1.79 bits per heavy atom. The summed E-state index contributed by atoms with van der Waals surface area (Å²) in [7, 11) is 0. The fourth-order valence-corrected chi connectivity index (χ4v) is 2.80. The molecular weight excluding hydrogens is 356 g/mol. The van der Waals surface area contributed by atoms with E-state index in [2.05, 4.69) is 20.6 Å². The first-order chi connectivity index (χ1) is 13.7. The van der Waals surface area contributed by atoms with Crippen LogP contribution in [0.15, 0.2) is 54.7 Å². The standard InChI is InChI=1S/C21H22N4O3/c1-14(2)28-17-6-4-3-5-16(17)24-21-22-10-9-20(25-21)23-15-7-8-18-19(13-15)27-12-11-26-18/h3-10,13-14H,11-12H2,1-2H3,(H2,22,23,24,25). The van der Waals surface area contributed by atoms with Crippen LogP contribution in [-0.2, 0) is 0 Å². The maximum absolute atomic E-state index is 5.84. The summed E-state index contributed by atoms with van der Waals surface area (Å²) < 4.78 is 17.0. The average molecular weight is 378 g/mol. The first kappa shape index (κ1) is 17.9. The van der Waals surface area contributed by atoms with E-state index in [0.29, 0.717) is 25.0 Å². The highest BCUT2D eigenvalue weighted by molar-refractivity contribution is 5.65. The number of benzene rings is 2. The molecule has 0 bridgehead atoms. The molecule has 0 unspecified atom stereocenters. The van der Waals surface area contributed by atoms with E-state index in [-0.39, 0.29) is 6.10 Å². The summed E-state index contributed by atoms with van der Waals surface area (Å²) in [5.74, 6) is 3.37. The average Bonchev–Trinajstić information content (AvgIpc) is 2.69. The third-order valence-electron chi connectivity index (χ3n) is 3.97. The molecule has 4 rings (SSSR count). The first-order valence-electron chi connectivity index (χ1n) is 9.20. The summed E-state index contributed by atoms with van der Waals surface area (Å²) in [6, 6.07) is 15.2. The molecule has 1 aliphatic heterocycles.